The number of para-hydroxylation sites is 1. The number of fused-ring (bicyclic) bond motifs is 1. The molecule has 0 radical (unpaired) electrons. The van der Waals surface area contributed by atoms with Crippen LogP contribution < -0.4 is 10.6 Å². The van der Waals surface area contributed by atoms with Crippen LogP contribution in [0.5, 0.6) is 0 Å². The van der Waals surface area contributed by atoms with E-state index in [1.165, 1.54) is 0 Å². The Kier molecular flexibility index (Phi) is 4.45. The summed E-state index contributed by atoms with van der Waals surface area (Å²) in [5, 5.41) is 6.65. The van der Waals surface area contributed by atoms with E-state index in [2.05, 4.69) is 25.6 Å². The van der Waals surface area contributed by atoms with Crippen molar-refractivity contribution in [3.05, 3.63) is 78.8 Å². The fraction of sp³-hybridized carbons (Fsp3) is 0.0476. The van der Waals surface area contributed by atoms with Crippen LogP contribution in [0.2, 0.25) is 0 Å². The summed E-state index contributed by atoms with van der Waals surface area (Å²) in [5.41, 5.74) is 3.99. The molecule has 2 heterocycles. The number of hydrogen-bond donors (Lipinski definition) is 2. The number of aryl methyl sites for hydroxylation is 1. The van der Waals surface area contributed by atoms with Crippen LogP contribution in [0, 0.1) is 6.92 Å². The van der Waals surface area contributed by atoms with Crippen LogP contribution in [-0.2, 0) is 0 Å². The lowest BCUT2D eigenvalue weighted by atomic mass is 10.1. The molecule has 0 aliphatic rings. The first-order valence-corrected chi connectivity index (χ1v) is 8.51. The Morgan fingerprint density at radius 2 is 1.63 bits per heavy atom. The van der Waals surface area contributed by atoms with E-state index < -0.39 is 0 Å². The van der Waals surface area contributed by atoms with Crippen molar-refractivity contribution in [1.82, 2.24) is 15.0 Å². The molecule has 0 unspecified atom stereocenters. The molecule has 2 amide bonds. The minimum atomic E-state index is -0.311. The third-order valence-electron chi connectivity index (χ3n) is 4.06. The van der Waals surface area contributed by atoms with Crippen molar-refractivity contribution in [3.63, 3.8) is 0 Å². The normalized spacial score (nSPS) is 10.6. The zero-order valence-electron chi connectivity index (χ0n) is 14.7. The van der Waals surface area contributed by atoms with E-state index in [1.807, 2.05) is 61.5 Å². The molecule has 0 fully saturated rings. The third-order valence-corrected chi connectivity index (χ3v) is 4.06. The van der Waals surface area contributed by atoms with Crippen LogP contribution in [0.25, 0.3) is 22.3 Å². The lowest BCUT2D eigenvalue weighted by molar-refractivity contribution is 0.262. The molecule has 6 heteroatoms. The van der Waals surface area contributed by atoms with Crippen LogP contribution in [0.3, 0.4) is 0 Å². The van der Waals surface area contributed by atoms with Crippen LogP contribution >= 0.6 is 0 Å². The van der Waals surface area contributed by atoms with E-state index in [9.17, 15) is 4.79 Å². The van der Waals surface area contributed by atoms with E-state index >= 15 is 0 Å². The molecule has 2 aromatic heterocycles. The smallest absolute Gasteiger partial charge is 0.308 e. The molecule has 6 nitrogen and oxygen atoms in total. The maximum absolute atomic E-state index is 12.4. The van der Waals surface area contributed by atoms with Crippen LogP contribution in [-0.4, -0.2) is 21.0 Å². The molecule has 0 aliphatic carbocycles. The summed E-state index contributed by atoms with van der Waals surface area (Å²) in [5.74, 6) is 0.646. The van der Waals surface area contributed by atoms with Gasteiger partial charge < -0.3 is 10.6 Å². The summed E-state index contributed by atoms with van der Waals surface area (Å²) < 4.78 is 0. The van der Waals surface area contributed by atoms with Crippen molar-refractivity contribution >= 4 is 28.3 Å². The van der Waals surface area contributed by atoms with Gasteiger partial charge in [-0.3, -0.25) is 4.98 Å². The predicted octanol–water partition coefficient (Wildman–Crippen LogP) is 4.64. The van der Waals surface area contributed by atoms with E-state index in [-0.39, 0.29) is 6.03 Å². The zero-order valence-corrected chi connectivity index (χ0v) is 14.7. The number of urea groups is 1. The molecule has 0 saturated heterocycles. The van der Waals surface area contributed by atoms with E-state index in [0.717, 1.165) is 27.8 Å². The molecular weight excluding hydrogens is 338 g/mol. The van der Waals surface area contributed by atoms with Gasteiger partial charge in [0.05, 0.1) is 11.2 Å². The van der Waals surface area contributed by atoms with Gasteiger partial charge in [-0.15, -0.1) is 0 Å². The Bertz CT molecular complexity index is 1090. The standard InChI is InChI=1S/C21H17N5O/c1-14-13-19(17-5-2-3-6-18(17)24-14)26-21(27)25-16-9-7-15(8-10-16)20-22-11-4-12-23-20/h2-13H,1H3,(H2,24,25,26,27). The first kappa shape index (κ1) is 16.7. The van der Waals surface area contributed by atoms with E-state index in [4.69, 9.17) is 0 Å². The second kappa shape index (κ2) is 7.21. The number of anilines is 2. The fourth-order valence-electron chi connectivity index (χ4n) is 2.85. The molecule has 0 saturated carbocycles. The monoisotopic (exact) mass is 355 g/mol. The molecule has 2 aromatic carbocycles. The second-order valence-corrected chi connectivity index (χ2v) is 6.06. The van der Waals surface area contributed by atoms with Crippen molar-refractivity contribution in [1.29, 1.82) is 0 Å². The second-order valence-electron chi connectivity index (χ2n) is 6.06. The fourth-order valence-corrected chi connectivity index (χ4v) is 2.85. The molecule has 4 rings (SSSR count). The van der Waals surface area contributed by atoms with Crippen LogP contribution in [0.15, 0.2) is 73.1 Å². The summed E-state index contributed by atoms with van der Waals surface area (Å²) in [6.07, 6.45) is 3.39. The Hall–Kier alpha value is -3.80. The number of benzene rings is 2. The van der Waals surface area contributed by atoms with E-state index in [0.29, 0.717) is 11.5 Å². The predicted molar refractivity (Wildman–Crippen MR) is 107 cm³/mol. The topological polar surface area (TPSA) is 79.8 Å². The Morgan fingerprint density at radius 1 is 0.889 bits per heavy atom. The number of hydrogen-bond acceptors (Lipinski definition) is 4. The van der Waals surface area contributed by atoms with Gasteiger partial charge in [-0.05, 0) is 49.4 Å². The quantitative estimate of drug-likeness (QED) is 0.561. The van der Waals surface area contributed by atoms with Gasteiger partial charge in [-0.2, -0.15) is 0 Å². The van der Waals surface area contributed by atoms with Crippen molar-refractivity contribution in [2.75, 3.05) is 10.6 Å². The van der Waals surface area contributed by atoms with Crippen LogP contribution in [0.4, 0.5) is 16.2 Å². The summed E-state index contributed by atoms with van der Waals surface area (Å²) in [6.45, 7) is 1.90. The van der Waals surface area contributed by atoms with Gasteiger partial charge in [-0.25, -0.2) is 14.8 Å². The maximum Gasteiger partial charge on any atom is 0.323 e. The summed E-state index contributed by atoms with van der Waals surface area (Å²) >= 11 is 0. The van der Waals surface area contributed by atoms with Crippen molar-refractivity contribution in [3.8, 4) is 11.4 Å². The molecule has 2 N–H and O–H groups in total. The highest BCUT2D eigenvalue weighted by Gasteiger charge is 2.08. The molecular formula is C21H17N5O. The van der Waals surface area contributed by atoms with E-state index in [1.54, 1.807) is 18.5 Å². The Balaban J connectivity index is 1.50. The van der Waals surface area contributed by atoms with Crippen molar-refractivity contribution in [2.45, 2.75) is 6.92 Å². The van der Waals surface area contributed by atoms with Crippen molar-refractivity contribution in [2.24, 2.45) is 0 Å². The van der Waals surface area contributed by atoms with Crippen molar-refractivity contribution < 1.29 is 4.79 Å². The number of carbonyl (C=O) groups excluding carboxylic acids is 1. The minimum absolute atomic E-state index is 0.311. The van der Waals surface area contributed by atoms with Gasteiger partial charge in [0.15, 0.2) is 5.82 Å². The molecule has 0 aliphatic heterocycles. The minimum Gasteiger partial charge on any atom is -0.308 e. The lowest BCUT2D eigenvalue weighted by Gasteiger charge is -2.11. The van der Waals surface area contributed by atoms with Crippen LogP contribution in [0.1, 0.15) is 5.69 Å². The van der Waals surface area contributed by atoms with Gasteiger partial charge in [-0.1, -0.05) is 18.2 Å². The summed E-state index contributed by atoms with van der Waals surface area (Å²) in [6, 6.07) is 18.4. The number of rotatable bonds is 3. The highest BCUT2D eigenvalue weighted by Crippen LogP contribution is 2.23. The van der Waals surface area contributed by atoms with Gasteiger partial charge in [0.2, 0.25) is 0 Å². The Labute approximate surface area is 156 Å². The van der Waals surface area contributed by atoms with Gasteiger partial charge >= 0.3 is 6.03 Å². The number of carbonyl (C=O) groups is 1. The number of amides is 2. The summed E-state index contributed by atoms with van der Waals surface area (Å²) in [7, 11) is 0. The molecule has 0 atom stereocenters. The first-order chi connectivity index (χ1) is 13.2. The number of pyridine rings is 1. The largest absolute Gasteiger partial charge is 0.323 e. The first-order valence-electron chi connectivity index (χ1n) is 8.51. The molecule has 0 bridgehead atoms. The van der Waals surface area contributed by atoms with Gasteiger partial charge in [0, 0.05) is 34.7 Å². The molecule has 0 spiro atoms. The highest BCUT2D eigenvalue weighted by molar-refractivity contribution is 6.05. The molecule has 27 heavy (non-hydrogen) atoms. The Morgan fingerprint density at radius 3 is 2.41 bits per heavy atom. The van der Waals surface area contributed by atoms with Gasteiger partial charge in [0.25, 0.3) is 0 Å². The summed E-state index contributed by atoms with van der Waals surface area (Å²) in [4.78, 5) is 25.3. The number of nitrogens with one attached hydrogen (secondary N) is 2. The SMILES string of the molecule is Cc1cc(NC(=O)Nc2ccc(-c3ncccn3)cc2)c2ccccc2n1. The number of aromatic nitrogens is 3. The highest BCUT2D eigenvalue weighted by atomic mass is 16.2. The van der Waals surface area contributed by atoms with Gasteiger partial charge in [0.1, 0.15) is 0 Å². The number of nitrogens with zero attached hydrogens (tertiary/aromatic N) is 3. The lowest BCUT2D eigenvalue weighted by Crippen LogP contribution is -2.19. The average Bonchev–Trinajstić information content (AvgIpc) is 2.69. The maximum atomic E-state index is 12.4. The third kappa shape index (κ3) is 3.74. The zero-order chi connectivity index (χ0) is 18.6. The molecule has 132 valence electrons. The average molecular weight is 355 g/mol. The molecule has 4 aromatic rings.